The molecule has 1 heterocycles. The second kappa shape index (κ2) is 8.73. The Balaban J connectivity index is 2.04. The van der Waals surface area contributed by atoms with Crippen LogP contribution in [0.15, 0.2) is 36.9 Å². The summed E-state index contributed by atoms with van der Waals surface area (Å²) in [4.78, 5) is 16.7. The minimum Gasteiger partial charge on any atom is -0.371 e. The van der Waals surface area contributed by atoms with Crippen molar-refractivity contribution in [1.29, 1.82) is 0 Å². The van der Waals surface area contributed by atoms with Gasteiger partial charge in [-0.2, -0.15) is 0 Å². The topological polar surface area (TPSA) is 35.6 Å². The molecule has 1 fully saturated rings. The Morgan fingerprint density at radius 2 is 2.04 bits per heavy atom. The van der Waals surface area contributed by atoms with Crippen LogP contribution in [0.3, 0.4) is 0 Å². The van der Waals surface area contributed by atoms with Crippen LogP contribution in [0.25, 0.3) is 0 Å². The van der Waals surface area contributed by atoms with Gasteiger partial charge in [0.05, 0.1) is 6.04 Å². The molecule has 0 aliphatic carbocycles. The van der Waals surface area contributed by atoms with Crippen molar-refractivity contribution >= 4 is 11.6 Å². The zero-order chi connectivity index (χ0) is 16.7. The molecule has 1 amide bonds. The number of likely N-dealkylation sites (N-methyl/N-ethyl adjacent to an activating group) is 1. The first kappa shape index (κ1) is 17.5. The highest BCUT2D eigenvalue weighted by atomic mass is 16.2. The molecule has 1 aromatic carbocycles. The van der Waals surface area contributed by atoms with Crippen LogP contribution < -0.4 is 10.2 Å². The molecule has 0 radical (unpaired) electrons. The van der Waals surface area contributed by atoms with Crippen molar-refractivity contribution in [2.75, 3.05) is 31.6 Å². The fraction of sp³-hybridized carbons (Fsp3) is 0.526. The van der Waals surface area contributed by atoms with Gasteiger partial charge in [0.2, 0.25) is 5.91 Å². The molecule has 1 aliphatic rings. The van der Waals surface area contributed by atoms with Crippen LogP contribution in [0.1, 0.15) is 31.7 Å². The molecule has 126 valence electrons. The Hall–Kier alpha value is -1.81. The predicted octanol–water partition coefficient (Wildman–Crippen LogP) is 2.80. The van der Waals surface area contributed by atoms with Crippen LogP contribution in [0.2, 0.25) is 0 Å². The summed E-state index contributed by atoms with van der Waals surface area (Å²) in [6.45, 7) is 9.14. The van der Waals surface area contributed by atoms with Gasteiger partial charge in [-0.25, -0.2) is 0 Å². The van der Waals surface area contributed by atoms with Crippen molar-refractivity contribution in [2.45, 2.75) is 38.8 Å². The molecule has 2 rings (SSSR count). The first-order valence-electron chi connectivity index (χ1n) is 8.55. The minimum atomic E-state index is -0.163. The maximum Gasteiger partial charge on any atom is 0.237 e. The zero-order valence-corrected chi connectivity index (χ0v) is 14.4. The summed E-state index contributed by atoms with van der Waals surface area (Å²) in [6.07, 6.45) is 5.57. The van der Waals surface area contributed by atoms with Gasteiger partial charge >= 0.3 is 0 Å². The molecule has 1 aromatic rings. The summed E-state index contributed by atoms with van der Waals surface area (Å²) in [5, 5.41) is 2.87. The summed E-state index contributed by atoms with van der Waals surface area (Å²) in [5.74, 6) is 0.0443. The van der Waals surface area contributed by atoms with Gasteiger partial charge in [0.25, 0.3) is 0 Å². The van der Waals surface area contributed by atoms with Crippen molar-refractivity contribution in [1.82, 2.24) is 10.2 Å². The second-order valence-corrected chi connectivity index (χ2v) is 6.30. The Labute approximate surface area is 140 Å². The zero-order valence-electron chi connectivity index (χ0n) is 14.4. The molecule has 1 N–H and O–H groups in total. The molecule has 0 aromatic heterocycles. The van der Waals surface area contributed by atoms with E-state index in [4.69, 9.17) is 0 Å². The van der Waals surface area contributed by atoms with E-state index in [1.165, 1.54) is 30.5 Å². The van der Waals surface area contributed by atoms with Gasteiger partial charge in [-0.15, -0.1) is 6.58 Å². The number of rotatable bonds is 7. The van der Waals surface area contributed by atoms with Crippen LogP contribution in [-0.4, -0.2) is 43.5 Å². The average molecular weight is 315 g/mol. The highest BCUT2D eigenvalue weighted by Gasteiger charge is 2.20. The van der Waals surface area contributed by atoms with E-state index in [0.717, 1.165) is 19.6 Å². The molecule has 0 bridgehead atoms. The number of nitrogens with one attached hydrogen (secondary N) is 1. The lowest BCUT2D eigenvalue weighted by Gasteiger charge is -2.32. The van der Waals surface area contributed by atoms with Crippen LogP contribution in [0.5, 0.6) is 0 Å². The Morgan fingerprint density at radius 3 is 2.74 bits per heavy atom. The largest absolute Gasteiger partial charge is 0.371 e. The van der Waals surface area contributed by atoms with Crippen LogP contribution in [0.4, 0.5) is 5.69 Å². The molecule has 4 nitrogen and oxygen atoms in total. The summed E-state index contributed by atoms with van der Waals surface area (Å²) in [5.41, 5.74) is 2.61. The summed E-state index contributed by atoms with van der Waals surface area (Å²) < 4.78 is 0. The van der Waals surface area contributed by atoms with Crippen molar-refractivity contribution < 1.29 is 4.79 Å². The number of amides is 1. The van der Waals surface area contributed by atoms with Gasteiger partial charge in [0.15, 0.2) is 0 Å². The number of para-hydroxylation sites is 1. The van der Waals surface area contributed by atoms with Crippen molar-refractivity contribution in [3.05, 3.63) is 42.5 Å². The highest BCUT2D eigenvalue weighted by Crippen LogP contribution is 2.25. The third-order valence-electron chi connectivity index (χ3n) is 4.57. The summed E-state index contributed by atoms with van der Waals surface area (Å²) in [7, 11) is 2.01. The van der Waals surface area contributed by atoms with E-state index in [0.29, 0.717) is 6.54 Å². The lowest BCUT2D eigenvalue weighted by Crippen LogP contribution is -2.43. The van der Waals surface area contributed by atoms with Gasteiger partial charge in [-0.05, 0) is 44.9 Å². The monoisotopic (exact) mass is 315 g/mol. The lowest BCUT2D eigenvalue weighted by molar-refractivity contribution is -0.125. The Bertz CT molecular complexity index is 523. The lowest BCUT2D eigenvalue weighted by atomic mass is 10.1. The smallest absolute Gasteiger partial charge is 0.237 e. The minimum absolute atomic E-state index is 0.0443. The van der Waals surface area contributed by atoms with Gasteiger partial charge in [-0.1, -0.05) is 24.3 Å². The van der Waals surface area contributed by atoms with E-state index in [-0.39, 0.29) is 11.9 Å². The maximum atomic E-state index is 12.1. The van der Waals surface area contributed by atoms with Gasteiger partial charge in [-0.3, -0.25) is 9.69 Å². The number of benzene rings is 1. The second-order valence-electron chi connectivity index (χ2n) is 6.30. The van der Waals surface area contributed by atoms with Crippen LogP contribution in [0, 0.1) is 0 Å². The number of hydrogen-bond donors (Lipinski definition) is 1. The number of anilines is 1. The van der Waals surface area contributed by atoms with Gasteiger partial charge < -0.3 is 10.2 Å². The molecule has 1 saturated heterocycles. The molecule has 0 spiro atoms. The average Bonchev–Trinajstić information content (AvgIpc) is 2.60. The molecular weight excluding hydrogens is 286 g/mol. The van der Waals surface area contributed by atoms with E-state index in [1.807, 2.05) is 14.0 Å². The maximum absolute atomic E-state index is 12.1. The number of carbonyl (C=O) groups excluding carboxylic acids is 1. The van der Waals surface area contributed by atoms with E-state index in [2.05, 4.69) is 46.0 Å². The predicted molar refractivity (Wildman–Crippen MR) is 96.6 cm³/mol. The van der Waals surface area contributed by atoms with Gasteiger partial charge in [0, 0.05) is 31.9 Å². The molecule has 4 heteroatoms. The number of nitrogens with zero attached hydrogens (tertiary/aromatic N) is 2. The van der Waals surface area contributed by atoms with E-state index >= 15 is 0 Å². The molecule has 1 atom stereocenters. The van der Waals surface area contributed by atoms with E-state index < -0.39 is 0 Å². The first-order valence-corrected chi connectivity index (χ1v) is 8.55. The van der Waals surface area contributed by atoms with Crippen molar-refractivity contribution in [3.8, 4) is 0 Å². The fourth-order valence-electron chi connectivity index (χ4n) is 3.01. The molecular formula is C19H29N3O. The third-order valence-corrected chi connectivity index (χ3v) is 4.57. The fourth-order valence-corrected chi connectivity index (χ4v) is 3.01. The normalized spacial score (nSPS) is 16.2. The third kappa shape index (κ3) is 4.83. The summed E-state index contributed by atoms with van der Waals surface area (Å²) >= 11 is 0. The highest BCUT2D eigenvalue weighted by molar-refractivity contribution is 5.81. The number of carbonyl (C=O) groups is 1. The first-order chi connectivity index (χ1) is 11.1. The number of piperidine rings is 1. The quantitative estimate of drug-likeness (QED) is 0.786. The van der Waals surface area contributed by atoms with Gasteiger partial charge in [0.1, 0.15) is 0 Å². The molecule has 0 unspecified atom stereocenters. The van der Waals surface area contributed by atoms with E-state index in [9.17, 15) is 4.79 Å². The molecule has 1 aliphatic heterocycles. The molecule has 23 heavy (non-hydrogen) atoms. The van der Waals surface area contributed by atoms with Crippen LogP contribution >= 0.6 is 0 Å². The van der Waals surface area contributed by atoms with Crippen molar-refractivity contribution in [2.24, 2.45) is 0 Å². The summed E-state index contributed by atoms with van der Waals surface area (Å²) in [6, 6.07) is 8.41. The van der Waals surface area contributed by atoms with Crippen molar-refractivity contribution in [3.63, 3.8) is 0 Å². The standard InChI is InChI=1S/C19H29N3O/c1-4-12-20-19(23)16(2)21(3)15-17-10-6-7-11-18(17)22-13-8-5-9-14-22/h4,6-7,10-11,16H,1,5,8-9,12-15H2,2-3H3,(H,20,23)/t16-/m1/s1. The Morgan fingerprint density at radius 1 is 1.35 bits per heavy atom. The molecule has 0 saturated carbocycles. The SMILES string of the molecule is C=CCNC(=O)[C@@H](C)N(C)Cc1ccccc1N1CCCCC1. The number of hydrogen-bond acceptors (Lipinski definition) is 3. The Kier molecular flexibility index (Phi) is 6.66. The van der Waals surface area contributed by atoms with E-state index in [1.54, 1.807) is 6.08 Å². The van der Waals surface area contributed by atoms with Crippen LogP contribution in [-0.2, 0) is 11.3 Å².